The van der Waals surface area contributed by atoms with E-state index in [2.05, 4.69) is 0 Å². The Balaban J connectivity index is 1.93. The van der Waals surface area contributed by atoms with Crippen LogP contribution in [0.2, 0.25) is 0 Å². The highest BCUT2D eigenvalue weighted by molar-refractivity contribution is 7.86. The topological polar surface area (TPSA) is 83.9 Å². The lowest BCUT2D eigenvalue weighted by Gasteiger charge is -2.12. The second kappa shape index (κ2) is 5.80. The molecule has 1 amide bonds. The van der Waals surface area contributed by atoms with Gasteiger partial charge in [-0.1, -0.05) is 17.7 Å². The third kappa shape index (κ3) is 3.49. The summed E-state index contributed by atoms with van der Waals surface area (Å²) in [6.45, 7) is 2.63. The minimum atomic E-state index is -3.77. The highest BCUT2D eigenvalue weighted by Gasteiger charge is 2.27. The zero-order valence-electron chi connectivity index (χ0n) is 11.2. The minimum Gasteiger partial charge on any atom is -0.465 e. The van der Waals surface area contributed by atoms with E-state index in [-0.39, 0.29) is 17.4 Å². The number of amides is 1. The van der Waals surface area contributed by atoms with Crippen LogP contribution in [0.1, 0.15) is 12.0 Å². The van der Waals surface area contributed by atoms with Crippen LogP contribution in [0, 0.1) is 12.8 Å². The SMILES string of the molecule is Cc1ccc(S(=O)(=O)OC[C@H]2CCN(C(=O)O)C2)cc1. The molecule has 110 valence electrons. The lowest BCUT2D eigenvalue weighted by molar-refractivity contribution is 0.152. The number of nitrogens with zero attached hydrogens (tertiary/aromatic N) is 1. The van der Waals surface area contributed by atoms with Crippen LogP contribution >= 0.6 is 0 Å². The van der Waals surface area contributed by atoms with Crippen LogP contribution in [0.4, 0.5) is 4.79 Å². The molecule has 0 bridgehead atoms. The second-order valence-corrected chi connectivity index (χ2v) is 6.55. The van der Waals surface area contributed by atoms with E-state index < -0.39 is 16.2 Å². The number of hydrogen-bond donors (Lipinski definition) is 1. The van der Waals surface area contributed by atoms with Crippen molar-refractivity contribution in [3.8, 4) is 0 Å². The maximum Gasteiger partial charge on any atom is 0.407 e. The van der Waals surface area contributed by atoms with E-state index in [1.165, 1.54) is 17.0 Å². The van der Waals surface area contributed by atoms with Crippen molar-refractivity contribution in [2.24, 2.45) is 5.92 Å². The van der Waals surface area contributed by atoms with Crippen LogP contribution in [-0.4, -0.2) is 44.2 Å². The van der Waals surface area contributed by atoms with Gasteiger partial charge in [0.2, 0.25) is 0 Å². The van der Waals surface area contributed by atoms with Crippen LogP contribution in [0.5, 0.6) is 0 Å². The lowest BCUT2D eigenvalue weighted by Crippen LogP contribution is -2.27. The molecule has 1 fully saturated rings. The summed E-state index contributed by atoms with van der Waals surface area (Å²) in [6.07, 6.45) is -0.357. The molecule has 2 rings (SSSR count). The standard InChI is InChI=1S/C13H17NO5S/c1-10-2-4-12(5-3-10)20(17,18)19-9-11-6-7-14(8-11)13(15)16/h2-5,11H,6-9H2,1H3,(H,15,16)/t11-/m0/s1. The summed E-state index contributed by atoms with van der Waals surface area (Å²) in [4.78, 5) is 12.2. The predicted octanol–water partition coefficient (Wildman–Crippen LogP) is 1.70. The van der Waals surface area contributed by atoms with Crippen molar-refractivity contribution in [1.82, 2.24) is 4.90 Å². The molecule has 1 N–H and O–H groups in total. The minimum absolute atomic E-state index is 0.0139. The van der Waals surface area contributed by atoms with E-state index in [1.54, 1.807) is 12.1 Å². The maximum atomic E-state index is 12.0. The van der Waals surface area contributed by atoms with Crippen LogP contribution in [0.3, 0.4) is 0 Å². The van der Waals surface area contributed by atoms with E-state index in [4.69, 9.17) is 9.29 Å². The van der Waals surface area contributed by atoms with E-state index in [0.717, 1.165) is 5.56 Å². The molecule has 0 aliphatic carbocycles. The summed E-state index contributed by atoms with van der Waals surface area (Å²) in [7, 11) is -3.77. The van der Waals surface area contributed by atoms with Crippen molar-refractivity contribution < 1.29 is 22.5 Å². The highest BCUT2D eigenvalue weighted by atomic mass is 32.2. The molecule has 0 aromatic heterocycles. The average Bonchev–Trinajstić information content (AvgIpc) is 2.86. The van der Waals surface area contributed by atoms with Crippen LogP contribution < -0.4 is 0 Å². The number of likely N-dealkylation sites (tertiary alicyclic amines) is 1. The summed E-state index contributed by atoms with van der Waals surface area (Å²) in [5, 5.41) is 8.83. The molecule has 0 spiro atoms. The van der Waals surface area contributed by atoms with Gasteiger partial charge in [0.15, 0.2) is 0 Å². The first-order valence-electron chi connectivity index (χ1n) is 6.32. The van der Waals surface area contributed by atoms with E-state index >= 15 is 0 Å². The van der Waals surface area contributed by atoms with E-state index in [0.29, 0.717) is 19.5 Å². The molecule has 1 aromatic rings. The van der Waals surface area contributed by atoms with Gasteiger partial charge in [-0.05, 0) is 25.5 Å². The second-order valence-electron chi connectivity index (χ2n) is 4.93. The van der Waals surface area contributed by atoms with Gasteiger partial charge in [-0.3, -0.25) is 4.18 Å². The summed E-state index contributed by atoms with van der Waals surface area (Å²) in [6, 6.07) is 6.42. The number of hydrogen-bond acceptors (Lipinski definition) is 4. The third-order valence-electron chi connectivity index (χ3n) is 3.32. The molecule has 1 saturated heterocycles. The van der Waals surface area contributed by atoms with Gasteiger partial charge in [-0.15, -0.1) is 0 Å². The molecule has 20 heavy (non-hydrogen) atoms. The Hall–Kier alpha value is -1.60. The first-order valence-corrected chi connectivity index (χ1v) is 7.73. The van der Waals surface area contributed by atoms with Crippen molar-refractivity contribution in [3.63, 3.8) is 0 Å². The molecular weight excluding hydrogens is 282 g/mol. The summed E-state index contributed by atoms with van der Waals surface area (Å²) in [5.41, 5.74) is 0.969. The number of aryl methyl sites for hydroxylation is 1. The number of carbonyl (C=O) groups is 1. The number of rotatable bonds is 4. The molecule has 1 atom stereocenters. The van der Waals surface area contributed by atoms with Gasteiger partial charge in [0.1, 0.15) is 0 Å². The monoisotopic (exact) mass is 299 g/mol. The third-order valence-corrected chi connectivity index (χ3v) is 4.62. The Labute approximate surface area is 118 Å². The zero-order chi connectivity index (χ0) is 14.8. The fourth-order valence-electron chi connectivity index (χ4n) is 2.10. The molecule has 0 saturated carbocycles. The van der Waals surface area contributed by atoms with Crippen molar-refractivity contribution in [1.29, 1.82) is 0 Å². The van der Waals surface area contributed by atoms with Gasteiger partial charge in [-0.2, -0.15) is 8.42 Å². The Kier molecular flexibility index (Phi) is 4.29. The molecular formula is C13H17NO5S. The molecule has 1 aromatic carbocycles. The van der Waals surface area contributed by atoms with Crippen molar-refractivity contribution in [3.05, 3.63) is 29.8 Å². The number of benzene rings is 1. The Bertz CT molecular complexity index is 581. The molecule has 0 radical (unpaired) electrons. The zero-order valence-corrected chi connectivity index (χ0v) is 12.0. The molecule has 1 heterocycles. The molecule has 0 unspecified atom stereocenters. The van der Waals surface area contributed by atoms with Crippen LogP contribution in [-0.2, 0) is 14.3 Å². The molecule has 6 nitrogen and oxygen atoms in total. The van der Waals surface area contributed by atoms with Gasteiger partial charge >= 0.3 is 6.09 Å². The Morgan fingerprint density at radius 2 is 2.05 bits per heavy atom. The summed E-state index contributed by atoms with van der Waals surface area (Å²) in [5.74, 6) is -0.0775. The Morgan fingerprint density at radius 1 is 1.40 bits per heavy atom. The van der Waals surface area contributed by atoms with Crippen molar-refractivity contribution in [2.75, 3.05) is 19.7 Å². The predicted molar refractivity (Wildman–Crippen MR) is 72.0 cm³/mol. The number of carboxylic acid groups (broad SMARTS) is 1. The highest BCUT2D eigenvalue weighted by Crippen LogP contribution is 2.20. The van der Waals surface area contributed by atoms with Gasteiger partial charge in [0, 0.05) is 19.0 Å². The maximum absolute atomic E-state index is 12.0. The smallest absolute Gasteiger partial charge is 0.407 e. The van der Waals surface area contributed by atoms with Gasteiger partial charge in [0.25, 0.3) is 10.1 Å². The fourth-order valence-corrected chi connectivity index (χ4v) is 3.08. The molecule has 7 heteroatoms. The van der Waals surface area contributed by atoms with E-state index in [1.807, 2.05) is 6.92 Å². The van der Waals surface area contributed by atoms with Crippen molar-refractivity contribution >= 4 is 16.2 Å². The first kappa shape index (κ1) is 14.8. The van der Waals surface area contributed by atoms with Crippen molar-refractivity contribution in [2.45, 2.75) is 18.2 Å². The van der Waals surface area contributed by atoms with Crippen LogP contribution in [0.25, 0.3) is 0 Å². The normalized spacial score (nSPS) is 19.2. The lowest BCUT2D eigenvalue weighted by atomic mass is 10.1. The quantitative estimate of drug-likeness (QED) is 0.855. The van der Waals surface area contributed by atoms with Gasteiger partial charge < -0.3 is 10.0 Å². The Morgan fingerprint density at radius 3 is 2.60 bits per heavy atom. The average molecular weight is 299 g/mol. The molecule has 1 aliphatic heterocycles. The first-order chi connectivity index (χ1) is 9.38. The largest absolute Gasteiger partial charge is 0.465 e. The summed E-state index contributed by atoms with van der Waals surface area (Å²) >= 11 is 0. The van der Waals surface area contributed by atoms with Crippen LogP contribution in [0.15, 0.2) is 29.2 Å². The van der Waals surface area contributed by atoms with E-state index in [9.17, 15) is 13.2 Å². The fraction of sp³-hybridized carbons (Fsp3) is 0.462. The van der Waals surface area contributed by atoms with Gasteiger partial charge in [-0.25, -0.2) is 4.79 Å². The molecule has 1 aliphatic rings. The summed E-state index contributed by atoms with van der Waals surface area (Å²) < 4.78 is 28.9. The van der Waals surface area contributed by atoms with Gasteiger partial charge in [0.05, 0.1) is 11.5 Å².